The van der Waals surface area contributed by atoms with Crippen LogP contribution in [0.1, 0.15) is 33.6 Å². The highest BCUT2D eigenvalue weighted by Gasteiger charge is 2.60. The second kappa shape index (κ2) is 9.15. The Kier molecular flexibility index (Phi) is 6.65. The fourth-order valence-electron chi connectivity index (χ4n) is 5.61. The molecule has 3 fully saturated rings. The molecule has 6 atom stereocenters. The fourth-order valence-corrected chi connectivity index (χ4v) is 7.09. The molecule has 3 N–H and O–H groups in total. The molecule has 0 aromatic rings. The number of nitrogens with zero attached hydrogens (tertiary/aromatic N) is 2. The van der Waals surface area contributed by atoms with E-state index in [4.69, 9.17) is 0 Å². The number of Topliss-reactive ketones (excluding diaryl/α,β-unsaturated/α-hetero) is 1. The molecule has 0 bridgehead atoms. The molecular formula is C22H32N4O5S. The number of ketones is 1. The highest BCUT2D eigenvalue weighted by atomic mass is 32.2. The average Bonchev–Trinajstić information content (AvgIpc) is 3.30. The lowest BCUT2D eigenvalue weighted by molar-refractivity contribution is -0.160. The van der Waals surface area contributed by atoms with Gasteiger partial charge in [0.1, 0.15) is 11.5 Å². The third-order valence-corrected chi connectivity index (χ3v) is 8.64. The number of fused-ring (bicyclic) bond motifs is 1. The standard InChI is InChI=1S/C22H32N4O5S/c1-11(8-12(2)27)16-17-13(3)19(18(22(30)31)26(17)21(16)29)32-14-9-15(24-10-14)20(28)25-6-4-23-5-7-25/h11,13-17,23-24H,4-10H2,1-3H3,(H,30,31)/t11-,13+,14-,15-,16+,17+/m0/s1. The van der Waals surface area contributed by atoms with Crippen LogP contribution in [0.15, 0.2) is 10.6 Å². The number of carboxylic acid groups (broad SMARTS) is 1. The molecule has 0 aromatic carbocycles. The number of aliphatic carboxylic acids is 1. The maximum absolute atomic E-state index is 12.9. The lowest BCUT2D eigenvalue weighted by Gasteiger charge is -2.47. The number of hydrogen-bond acceptors (Lipinski definition) is 7. The van der Waals surface area contributed by atoms with Crippen LogP contribution < -0.4 is 10.6 Å². The minimum Gasteiger partial charge on any atom is -0.477 e. The molecular weight excluding hydrogens is 432 g/mol. The molecule has 2 amide bonds. The summed E-state index contributed by atoms with van der Waals surface area (Å²) < 4.78 is 0. The van der Waals surface area contributed by atoms with Crippen LogP contribution in [-0.4, -0.2) is 88.5 Å². The van der Waals surface area contributed by atoms with Crippen molar-refractivity contribution in [1.82, 2.24) is 20.4 Å². The summed E-state index contributed by atoms with van der Waals surface area (Å²) in [6, 6.07) is -0.462. The van der Waals surface area contributed by atoms with E-state index in [0.29, 0.717) is 32.5 Å². The third kappa shape index (κ3) is 4.08. The predicted octanol–water partition coefficient (Wildman–Crippen LogP) is 0.270. The summed E-state index contributed by atoms with van der Waals surface area (Å²) in [6.45, 7) is 9.03. The van der Waals surface area contributed by atoms with Crippen molar-refractivity contribution in [3.8, 4) is 0 Å². The van der Waals surface area contributed by atoms with Crippen LogP contribution >= 0.6 is 11.8 Å². The molecule has 0 saturated carbocycles. The largest absolute Gasteiger partial charge is 0.477 e. The molecule has 4 aliphatic heterocycles. The van der Waals surface area contributed by atoms with E-state index in [1.165, 1.54) is 23.6 Å². The van der Waals surface area contributed by atoms with Crippen molar-refractivity contribution < 1.29 is 24.3 Å². The van der Waals surface area contributed by atoms with E-state index < -0.39 is 5.97 Å². The lowest BCUT2D eigenvalue weighted by Crippen LogP contribution is -2.62. The molecule has 32 heavy (non-hydrogen) atoms. The van der Waals surface area contributed by atoms with E-state index >= 15 is 0 Å². The van der Waals surface area contributed by atoms with Crippen molar-refractivity contribution in [1.29, 1.82) is 0 Å². The highest BCUT2D eigenvalue weighted by Crippen LogP contribution is 2.53. The molecule has 0 radical (unpaired) electrons. The Labute approximate surface area is 192 Å². The maximum Gasteiger partial charge on any atom is 0.353 e. The van der Waals surface area contributed by atoms with Gasteiger partial charge in [-0.1, -0.05) is 13.8 Å². The van der Waals surface area contributed by atoms with Crippen molar-refractivity contribution in [3.63, 3.8) is 0 Å². The molecule has 4 rings (SSSR count). The molecule has 0 spiro atoms. The van der Waals surface area contributed by atoms with Gasteiger partial charge in [0, 0.05) is 55.2 Å². The van der Waals surface area contributed by atoms with Gasteiger partial charge in [0.05, 0.1) is 18.0 Å². The summed E-state index contributed by atoms with van der Waals surface area (Å²) >= 11 is 1.50. The fraction of sp³-hybridized carbons (Fsp3) is 0.727. The summed E-state index contributed by atoms with van der Waals surface area (Å²) in [5.74, 6) is -1.69. The normalized spacial score (nSPS) is 33.2. The van der Waals surface area contributed by atoms with Crippen LogP contribution in [0, 0.1) is 17.8 Å². The van der Waals surface area contributed by atoms with Gasteiger partial charge < -0.3 is 30.3 Å². The van der Waals surface area contributed by atoms with E-state index in [1.54, 1.807) is 0 Å². The number of piperazine rings is 1. The number of amides is 2. The number of hydrogen-bond donors (Lipinski definition) is 3. The van der Waals surface area contributed by atoms with Gasteiger partial charge >= 0.3 is 5.97 Å². The third-order valence-electron chi connectivity index (χ3n) is 7.12. The van der Waals surface area contributed by atoms with Gasteiger partial charge in [-0.05, 0) is 19.3 Å². The Balaban J connectivity index is 1.45. The van der Waals surface area contributed by atoms with E-state index in [1.807, 2.05) is 18.7 Å². The first-order chi connectivity index (χ1) is 15.2. The van der Waals surface area contributed by atoms with Crippen LogP contribution in [0.2, 0.25) is 0 Å². The Morgan fingerprint density at radius 3 is 2.56 bits per heavy atom. The molecule has 0 aromatic heterocycles. The number of carbonyl (C=O) groups is 4. The average molecular weight is 465 g/mol. The Morgan fingerprint density at radius 2 is 1.94 bits per heavy atom. The summed E-state index contributed by atoms with van der Waals surface area (Å²) in [5, 5.41) is 16.5. The Bertz CT molecular complexity index is 855. The van der Waals surface area contributed by atoms with Gasteiger partial charge in [0.2, 0.25) is 11.8 Å². The predicted molar refractivity (Wildman–Crippen MR) is 120 cm³/mol. The van der Waals surface area contributed by atoms with Crippen molar-refractivity contribution in [3.05, 3.63) is 10.6 Å². The quantitative estimate of drug-likeness (QED) is 0.460. The van der Waals surface area contributed by atoms with Gasteiger partial charge in [0.15, 0.2) is 0 Å². The van der Waals surface area contributed by atoms with E-state index in [0.717, 1.165) is 18.0 Å². The molecule has 0 aliphatic carbocycles. The van der Waals surface area contributed by atoms with Crippen LogP contribution in [-0.2, 0) is 19.2 Å². The number of rotatable bonds is 7. The van der Waals surface area contributed by atoms with Crippen LogP contribution in [0.3, 0.4) is 0 Å². The number of thioether (sulfide) groups is 1. The molecule has 9 nitrogen and oxygen atoms in total. The maximum atomic E-state index is 12.9. The first-order valence-electron chi connectivity index (χ1n) is 11.4. The molecule has 3 saturated heterocycles. The first kappa shape index (κ1) is 23.3. The lowest BCUT2D eigenvalue weighted by atomic mass is 9.73. The summed E-state index contributed by atoms with van der Waals surface area (Å²) in [5.41, 5.74) is 0.0839. The summed E-state index contributed by atoms with van der Waals surface area (Å²) in [7, 11) is 0. The minimum absolute atomic E-state index is 0.0349. The minimum atomic E-state index is -1.09. The van der Waals surface area contributed by atoms with Crippen molar-refractivity contribution in [2.75, 3.05) is 32.7 Å². The molecule has 176 valence electrons. The van der Waals surface area contributed by atoms with Crippen LogP contribution in [0.4, 0.5) is 0 Å². The molecule has 10 heteroatoms. The van der Waals surface area contributed by atoms with Gasteiger partial charge in [-0.15, -0.1) is 11.8 Å². The number of carboxylic acids is 1. The van der Waals surface area contributed by atoms with Gasteiger partial charge in [-0.25, -0.2) is 4.79 Å². The molecule has 4 heterocycles. The Morgan fingerprint density at radius 1 is 1.25 bits per heavy atom. The number of β-lactam (4-membered cyclic amide) rings is 1. The smallest absolute Gasteiger partial charge is 0.353 e. The molecule has 4 aliphatic rings. The second-order valence-electron chi connectivity index (χ2n) is 9.43. The zero-order chi connectivity index (χ0) is 23.2. The van der Waals surface area contributed by atoms with Crippen molar-refractivity contribution in [2.24, 2.45) is 17.8 Å². The van der Waals surface area contributed by atoms with Crippen molar-refractivity contribution >= 4 is 35.3 Å². The second-order valence-corrected chi connectivity index (χ2v) is 10.8. The topological polar surface area (TPSA) is 119 Å². The van der Waals surface area contributed by atoms with Crippen LogP contribution in [0.25, 0.3) is 0 Å². The van der Waals surface area contributed by atoms with Crippen LogP contribution in [0.5, 0.6) is 0 Å². The zero-order valence-corrected chi connectivity index (χ0v) is 19.6. The van der Waals surface area contributed by atoms with E-state index in [9.17, 15) is 24.3 Å². The summed E-state index contributed by atoms with van der Waals surface area (Å²) in [4.78, 5) is 53.4. The first-order valence-corrected chi connectivity index (χ1v) is 12.3. The monoisotopic (exact) mass is 464 g/mol. The van der Waals surface area contributed by atoms with E-state index in [2.05, 4.69) is 10.6 Å². The highest BCUT2D eigenvalue weighted by molar-refractivity contribution is 8.03. The molecule has 0 unspecified atom stereocenters. The summed E-state index contributed by atoms with van der Waals surface area (Å²) in [6.07, 6.45) is 0.958. The van der Waals surface area contributed by atoms with Gasteiger partial charge in [0.25, 0.3) is 0 Å². The van der Waals surface area contributed by atoms with E-state index in [-0.39, 0.29) is 58.4 Å². The van der Waals surface area contributed by atoms with Crippen molar-refractivity contribution in [2.45, 2.75) is 50.9 Å². The van der Waals surface area contributed by atoms with Gasteiger partial charge in [-0.3, -0.25) is 9.59 Å². The Hall–Kier alpha value is -1.91. The van der Waals surface area contributed by atoms with Gasteiger partial charge in [-0.2, -0.15) is 0 Å². The number of carbonyl (C=O) groups excluding carboxylic acids is 3. The SMILES string of the molecule is CC(=O)C[C@H](C)[C@H]1C(=O)N2C(C(=O)O)=C(S[C@@H]3CN[C@H](C(=O)N4CCNCC4)C3)[C@H](C)[C@H]12. The zero-order valence-electron chi connectivity index (χ0n) is 18.8. The number of nitrogens with one attached hydrogen (secondary N) is 2.